The molecule has 0 fully saturated rings. The zero-order valence-electron chi connectivity index (χ0n) is 9.42. The number of carbonyl (C=O) groups is 1. The van der Waals surface area contributed by atoms with Crippen LogP contribution < -0.4 is 11.2 Å². The number of benzene rings is 1. The minimum Gasteiger partial charge on any atom is -0.317 e. The molecular weight excluding hydrogens is 258 g/mol. The van der Waals surface area contributed by atoms with Gasteiger partial charge in [0.1, 0.15) is 12.0 Å². The summed E-state index contributed by atoms with van der Waals surface area (Å²) in [6.45, 7) is 0. The van der Waals surface area contributed by atoms with Crippen molar-refractivity contribution in [2.24, 2.45) is 10.8 Å². The standard InChI is InChI=1S/C9H9N5O5/c10-6(5-15)4-11-12-8-2-1-7(13(16)17)3-9(8)14(18)19/h1-6,12H,10H2/b11-4-. The van der Waals surface area contributed by atoms with E-state index in [1.807, 2.05) is 0 Å². The van der Waals surface area contributed by atoms with E-state index >= 15 is 0 Å². The van der Waals surface area contributed by atoms with Gasteiger partial charge in [0.2, 0.25) is 0 Å². The van der Waals surface area contributed by atoms with Gasteiger partial charge in [0.15, 0.2) is 0 Å². The molecule has 1 rings (SSSR count). The fourth-order valence-corrected chi connectivity index (χ4v) is 1.11. The van der Waals surface area contributed by atoms with Crippen molar-refractivity contribution in [3.05, 3.63) is 38.4 Å². The first kappa shape index (κ1) is 14.2. The summed E-state index contributed by atoms with van der Waals surface area (Å²) in [7, 11) is 0. The van der Waals surface area contributed by atoms with E-state index in [2.05, 4.69) is 10.5 Å². The van der Waals surface area contributed by atoms with Crippen molar-refractivity contribution < 1.29 is 14.6 Å². The number of non-ortho nitro benzene ring substituents is 1. The van der Waals surface area contributed by atoms with Gasteiger partial charge in [0.25, 0.3) is 5.69 Å². The Hall–Kier alpha value is -2.88. The molecule has 1 aromatic rings. The molecule has 0 spiro atoms. The molecule has 0 radical (unpaired) electrons. The van der Waals surface area contributed by atoms with Crippen LogP contribution in [0.25, 0.3) is 0 Å². The van der Waals surface area contributed by atoms with Crippen LogP contribution in [-0.2, 0) is 4.79 Å². The smallest absolute Gasteiger partial charge is 0.301 e. The highest BCUT2D eigenvalue weighted by atomic mass is 16.6. The van der Waals surface area contributed by atoms with Crippen molar-refractivity contribution in [1.82, 2.24) is 0 Å². The second kappa shape index (κ2) is 6.16. The largest absolute Gasteiger partial charge is 0.317 e. The number of hydrazone groups is 1. The van der Waals surface area contributed by atoms with E-state index in [4.69, 9.17) is 5.73 Å². The number of aldehydes is 1. The van der Waals surface area contributed by atoms with Crippen molar-refractivity contribution >= 4 is 29.6 Å². The Morgan fingerprint density at radius 3 is 2.53 bits per heavy atom. The predicted octanol–water partition coefficient (Wildman–Crippen LogP) is 0.427. The summed E-state index contributed by atoms with van der Waals surface area (Å²) >= 11 is 0. The number of nitrogens with two attached hydrogens (primary N) is 1. The number of carbonyl (C=O) groups excluding carboxylic acids is 1. The number of nitro benzene ring substituents is 2. The van der Waals surface area contributed by atoms with Crippen LogP contribution in [0.4, 0.5) is 17.1 Å². The average Bonchev–Trinajstić information content (AvgIpc) is 2.38. The van der Waals surface area contributed by atoms with Crippen LogP contribution in [0.5, 0.6) is 0 Å². The van der Waals surface area contributed by atoms with Gasteiger partial charge in [-0.2, -0.15) is 5.10 Å². The van der Waals surface area contributed by atoms with Gasteiger partial charge in [-0.1, -0.05) is 0 Å². The van der Waals surface area contributed by atoms with Crippen LogP contribution in [0.15, 0.2) is 23.3 Å². The highest BCUT2D eigenvalue weighted by Crippen LogP contribution is 2.28. The number of hydrogen-bond acceptors (Lipinski definition) is 8. The maximum absolute atomic E-state index is 10.8. The lowest BCUT2D eigenvalue weighted by atomic mass is 10.2. The quantitative estimate of drug-likeness (QED) is 0.327. The second-order valence-electron chi connectivity index (χ2n) is 3.32. The van der Waals surface area contributed by atoms with Crippen molar-refractivity contribution in [3.8, 4) is 0 Å². The van der Waals surface area contributed by atoms with E-state index in [1.165, 1.54) is 0 Å². The molecule has 100 valence electrons. The molecule has 0 aliphatic rings. The highest BCUT2D eigenvalue weighted by Gasteiger charge is 2.18. The minimum atomic E-state index is -0.940. The summed E-state index contributed by atoms with van der Waals surface area (Å²) in [5.41, 5.74) is 6.54. The molecule has 3 N–H and O–H groups in total. The summed E-state index contributed by atoms with van der Waals surface area (Å²) in [6, 6.07) is 2.09. The minimum absolute atomic E-state index is 0.0510. The lowest BCUT2D eigenvalue weighted by Gasteiger charge is -2.02. The lowest BCUT2D eigenvalue weighted by Crippen LogP contribution is -2.23. The van der Waals surface area contributed by atoms with E-state index in [9.17, 15) is 25.0 Å². The Bertz CT molecular complexity index is 544. The van der Waals surface area contributed by atoms with E-state index in [-0.39, 0.29) is 5.69 Å². The number of anilines is 1. The van der Waals surface area contributed by atoms with Gasteiger partial charge < -0.3 is 10.5 Å². The summed E-state index contributed by atoms with van der Waals surface area (Å²) in [6.07, 6.45) is 1.47. The third-order valence-corrected chi connectivity index (χ3v) is 1.98. The molecule has 1 aromatic carbocycles. The van der Waals surface area contributed by atoms with Gasteiger partial charge in [-0.3, -0.25) is 25.7 Å². The summed E-state index contributed by atoms with van der Waals surface area (Å²) in [5.74, 6) is 0. The Morgan fingerprint density at radius 1 is 1.32 bits per heavy atom. The van der Waals surface area contributed by atoms with E-state index in [0.29, 0.717) is 6.29 Å². The molecule has 0 bridgehead atoms. The molecule has 10 nitrogen and oxygen atoms in total. The topological polar surface area (TPSA) is 154 Å². The van der Waals surface area contributed by atoms with Gasteiger partial charge in [-0.05, 0) is 6.07 Å². The number of rotatable bonds is 6. The zero-order valence-corrected chi connectivity index (χ0v) is 9.42. The van der Waals surface area contributed by atoms with E-state index in [0.717, 1.165) is 24.4 Å². The lowest BCUT2D eigenvalue weighted by molar-refractivity contribution is -0.393. The van der Waals surface area contributed by atoms with E-state index < -0.39 is 27.3 Å². The third-order valence-electron chi connectivity index (χ3n) is 1.98. The fraction of sp³-hybridized carbons (Fsp3) is 0.111. The summed E-state index contributed by atoms with van der Waals surface area (Å²) in [4.78, 5) is 29.9. The van der Waals surface area contributed by atoms with Gasteiger partial charge in [-0.25, -0.2) is 0 Å². The summed E-state index contributed by atoms with van der Waals surface area (Å²) < 4.78 is 0. The first-order chi connectivity index (χ1) is 8.95. The molecule has 1 atom stereocenters. The van der Waals surface area contributed by atoms with Gasteiger partial charge in [0, 0.05) is 12.3 Å². The Kier molecular flexibility index (Phi) is 4.60. The molecule has 0 aromatic heterocycles. The molecule has 10 heteroatoms. The molecule has 0 saturated heterocycles. The zero-order chi connectivity index (χ0) is 14.4. The van der Waals surface area contributed by atoms with Crippen molar-refractivity contribution in [3.63, 3.8) is 0 Å². The van der Waals surface area contributed by atoms with Crippen LogP contribution in [0.1, 0.15) is 0 Å². The molecule has 0 aliphatic heterocycles. The van der Waals surface area contributed by atoms with Gasteiger partial charge in [0.05, 0.1) is 22.0 Å². The van der Waals surface area contributed by atoms with Crippen molar-refractivity contribution in [1.29, 1.82) is 0 Å². The number of nitrogens with one attached hydrogen (secondary N) is 1. The molecular formula is C9H9N5O5. The summed E-state index contributed by atoms with van der Waals surface area (Å²) in [5, 5.41) is 24.8. The maximum Gasteiger partial charge on any atom is 0.301 e. The third kappa shape index (κ3) is 3.81. The SMILES string of the molecule is NC(C=O)/C=N\Nc1ccc([N+](=O)[O-])cc1[N+](=O)[O-]. The van der Waals surface area contributed by atoms with Crippen LogP contribution in [0, 0.1) is 20.2 Å². The number of nitrogens with zero attached hydrogens (tertiary/aromatic N) is 3. The maximum atomic E-state index is 10.8. The first-order valence-electron chi connectivity index (χ1n) is 4.88. The number of nitro groups is 2. The van der Waals surface area contributed by atoms with E-state index in [1.54, 1.807) is 0 Å². The Balaban J connectivity index is 3.00. The van der Waals surface area contributed by atoms with Crippen molar-refractivity contribution in [2.45, 2.75) is 6.04 Å². The van der Waals surface area contributed by atoms with Crippen LogP contribution in [0.2, 0.25) is 0 Å². The van der Waals surface area contributed by atoms with Gasteiger partial charge in [-0.15, -0.1) is 0 Å². The second-order valence-corrected chi connectivity index (χ2v) is 3.32. The monoisotopic (exact) mass is 267 g/mol. The molecule has 1 unspecified atom stereocenters. The highest BCUT2D eigenvalue weighted by molar-refractivity contribution is 5.85. The first-order valence-corrected chi connectivity index (χ1v) is 4.88. The normalized spacial score (nSPS) is 12.1. The Morgan fingerprint density at radius 2 is 2.00 bits per heavy atom. The molecule has 0 saturated carbocycles. The van der Waals surface area contributed by atoms with Crippen molar-refractivity contribution in [2.75, 3.05) is 5.43 Å². The average molecular weight is 267 g/mol. The molecule has 0 aliphatic carbocycles. The van der Waals surface area contributed by atoms with Crippen LogP contribution in [0.3, 0.4) is 0 Å². The fourth-order valence-electron chi connectivity index (χ4n) is 1.11. The molecule has 0 heterocycles. The molecule has 19 heavy (non-hydrogen) atoms. The van der Waals surface area contributed by atoms with Crippen LogP contribution in [-0.4, -0.2) is 28.4 Å². The van der Waals surface area contributed by atoms with Crippen LogP contribution >= 0.6 is 0 Å². The molecule has 0 amide bonds. The predicted molar refractivity (Wildman–Crippen MR) is 65.9 cm³/mol. The Labute approximate surface area is 106 Å². The number of hydrogen-bond donors (Lipinski definition) is 2. The van der Waals surface area contributed by atoms with Gasteiger partial charge >= 0.3 is 5.69 Å².